The standard InChI is InChI=1S/C29H29N3O8S2/c1-32(42(36,37)26-16-11-23(38-2)12-17-26)22-9-5-20(6-10-22)29(33)30-21-7-14-25(15-8-21)41(34,35)31-27-19-24(39-3)13-18-28(27)40-4/h5-19,31H,1-4H3,(H,30,33). The summed E-state index contributed by atoms with van der Waals surface area (Å²) in [6, 6.07) is 22.4. The summed E-state index contributed by atoms with van der Waals surface area (Å²) in [5, 5.41) is 2.70. The molecule has 0 spiro atoms. The highest BCUT2D eigenvalue weighted by Crippen LogP contribution is 2.31. The van der Waals surface area contributed by atoms with E-state index in [1.807, 2.05) is 0 Å². The molecule has 0 saturated heterocycles. The van der Waals surface area contributed by atoms with Gasteiger partial charge >= 0.3 is 0 Å². The maximum atomic E-state index is 13.0. The number of nitrogens with one attached hydrogen (secondary N) is 2. The first-order valence-corrected chi connectivity index (χ1v) is 15.3. The van der Waals surface area contributed by atoms with Crippen molar-refractivity contribution in [1.29, 1.82) is 0 Å². The van der Waals surface area contributed by atoms with Crippen molar-refractivity contribution in [2.75, 3.05) is 42.7 Å². The zero-order valence-electron chi connectivity index (χ0n) is 23.2. The minimum absolute atomic E-state index is 0.0316. The van der Waals surface area contributed by atoms with E-state index >= 15 is 0 Å². The Morgan fingerprint density at radius 1 is 0.690 bits per heavy atom. The predicted octanol–water partition coefficient (Wildman–Crippen LogP) is 4.59. The van der Waals surface area contributed by atoms with Crippen molar-refractivity contribution in [2.45, 2.75) is 9.79 Å². The van der Waals surface area contributed by atoms with Crippen LogP contribution in [0.4, 0.5) is 17.1 Å². The van der Waals surface area contributed by atoms with Crippen LogP contribution in [0.3, 0.4) is 0 Å². The predicted molar refractivity (Wildman–Crippen MR) is 160 cm³/mol. The molecule has 0 heterocycles. The third-order valence-corrected chi connectivity index (χ3v) is 9.47. The number of ether oxygens (including phenoxy) is 3. The van der Waals surface area contributed by atoms with Gasteiger partial charge in [0.2, 0.25) is 0 Å². The van der Waals surface area contributed by atoms with E-state index in [1.54, 1.807) is 24.3 Å². The molecule has 220 valence electrons. The zero-order chi connectivity index (χ0) is 30.5. The molecule has 0 aromatic heterocycles. The van der Waals surface area contributed by atoms with Gasteiger partial charge in [0.05, 0.1) is 42.5 Å². The SMILES string of the molecule is COc1ccc(S(=O)(=O)N(C)c2ccc(C(=O)Nc3ccc(S(=O)(=O)Nc4cc(OC)ccc4OC)cc3)cc2)cc1. The topological polar surface area (TPSA) is 140 Å². The third-order valence-electron chi connectivity index (χ3n) is 6.28. The van der Waals surface area contributed by atoms with Gasteiger partial charge in [0.1, 0.15) is 17.2 Å². The summed E-state index contributed by atoms with van der Waals surface area (Å²) < 4.78 is 71.0. The van der Waals surface area contributed by atoms with Crippen LogP contribution in [0, 0.1) is 0 Å². The van der Waals surface area contributed by atoms with Crippen LogP contribution in [0.2, 0.25) is 0 Å². The Hall–Kier alpha value is -4.75. The average molecular weight is 612 g/mol. The van der Waals surface area contributed by atoms with E-state index in [0.717, 1.165) is 4.31 Å². The van der Waals surface area contributed by atoms with Crippen LogP contribution in [-0.2, 0) is 20.0 Å². The molecule has 0 aliphatic rings. The van der Waals surface area contributed by atoms with Crippen molar-refractivity contribution in [3.8, 4) is 17.2 Å². The second kappa shape index (κ2) is 12.4. The number of carbonyl (C=O) groups excluding carboxylic acids is 1. The fourth-order valence-electron chi connectivity index (χ4n) is 3.89. The Bertz CT molecular complexity index is 1770. The van der Waals surface area contributed by atoms with Crippen LogP contribution in [0.15, 0.2) is 101 Å². The molecule has 0 atom stereocenters. The molecule has 0 bridgehead atoms. The molecule has 0 aliphatic carbocycles. The summed E-state index contributed by atoms with van der Waals surface area (Å²) in [5.41, 5.74) is 1.20. The van der Waals surface area contributed by atoms with Crippen molar-refractivity contribution in [2.24, 2.45) is 0 Å². The van der Waals surface area contributed by atoms with E-state index in [2.05, 4.69) is 10.0 Å². The molecule has 2 N–H and O–H groups in total. The molecule has 0 unspecified atom stereocenters. The molecular formula is C29H29N3O8S2. The van der Waals surface area contributed by atoms with Crippen LogP contribution in [0.5, 0.6) is 17.2 Å². The summed E-state index contributed by atoms with van der Waals surface area (Å²) >= 11 is 0. The molecule has 0 saturated carbocycles. The van der Waals surface area contributed by atoms with Crippen molar-refractivity contribution in [3.63, 3.8) is 0 Å². The number of hydrogen-bond donors (Lipinski definition) is 2. The quantitative estimate of drug-likeness (QED) is 0.251. The molecule has 0 fully saturated rings. The lowest BCUT2D eigenvalue weighted by atomic mass is 10.2. The van der Waals surface area contributed by atoms with Crippen molar-refractivity contribution in [1.82, 2.24) is 0 Å². The van der Waals surface area contributed by atoms with Gasteiger partial charge in [-0.1, -0.05) is 0 Å². The Balaban J connectivity index is 1.43. The molecule has 0 radical (unpaired) electrons. The lowest BCUT2D eigenvalue weighted by molar-refractivity contribution is 0.102. The van der Waals surface area contributed by atoms with Gasteiger partial charge in [-0.2, -0.15) is 0 Å². The van der Waals surface area contributed by atoms with Gasteiger partial charge in [-0.15, -0.1) is 0 Å². The number of nitrogens with zero attached hydrogens (tertiary/aromatic N) is 1. The Morgan fingerprint density at radius 2 is 1.26 bits per heavy atom. The van der Waals surface area contributed by atoms with E-state index < -0.39 is 26.0 Å². The second-order valence-electron chi connectivity index (χ2n) is 8.85. The summed E-state index contributed by atoms with van der Waals surface area (Å²) in [6.45, 7) is 0. The van der Waals surface area contributed by atoms with E-state index in [1.165, 1.54) is 95.1 Å². The molecule has 0 aliphatic heterocycles. The Morgan fingerprint density at radius 3 is 1.83 bits per heavy atom. The van der Waals surface area contributed by atoms with Gasteiger partial charge < -0.3 is 19.5 Å². The van der Waals surface area contributed by atoms with E-state index in [9.17, 15) is 21.6 Å². The van der Waals surface area contributed by atoms with Gasteiger partial charge in [-0.3, -0.25) is 13.8 Å². The van der Waals surface area contributed by atoms with Crippen molar-refractivity contribution >= 4 is 43.0 Å². The van der Waals surface area contributed by atoms with Gasteiger partial charge in [0.25, 0.3) is 26.0 Å². The first kappa shape index (κ1) is 30.2. The van der Waals surface area contributed by atoms with Crippen LogP contribution in [-0.4, -0.2) is 51.1 Å². The lowest BCUT2D eigenvalue weighted by Gasteiger charge is -2.20. The summed E-state index contributed by atoms with van der Waals surface area (Å²) in [7, 11) is -2.00. The summed E-state index contributed by atoms with van der Waals surface area (Å²) in [4.78, 5) is 12.9. The molecule has 42 heavy (non-hydrogen) atoms. The average Bonchev–Trinajstić information content (AvgIpc) is 3.00. The molecule has 1 amide bonds. The van der Waals surface area contributed by atoms with Gasteiger partial charge in [-0.25, -0.2) is 16.8 Å². The van der Waals surface area contributed by atoms with E-state index in [4.69, 9.17) is 14.2 Å². The van der Waals surface area contributed by atoms with Crippen LogP contribution in [0.25, 0.3) is 0 Å². The van der Waals surface area contributed by atoms with Gasteiger partial charge in [0, 0.05) is 24.4 Å². The highest BCUT2D eigenvalue weighted by molar-refractivity contribution is 7.93. The maximum Gasteiger partial charge on any atom is 0.264 e. The third kappa shape index (κ3) is 6.58. The van der Waals surface area contributed by atoms with Gasteiger partial charge in [-0.05, 0) is 84.9 Å². The highest BCUT2D eigenvalue weighted by atomic mass is 32.2. The number of sulfonamides is 2. The molecule has 11 nitrogen and oxygen atoms in total. The second-order valence-corrected chi connectivity index (χ2v) is 12.5. The molecule has 4 rings (SSSR count). The zero-order valence-corrected chi connectivity index (χ0v) is 24.8. The smallest absolute Gasteiger partial charge is 0.264 e. The fraction of sp³-hybridized carbons (Fsp3) is 0.138. The minimum atomic E-state index is -3.98. The van der Waals surface area contributed by atoms with Crippen LogP contribution >= 0.6 is 0 Å². The number of anilines is 3. The van der Waals surface area contributed by atoms with Crippen molar-refractivity contribution in [3.05, 3.63) is 96.6 Å². The largest absolute Gasteiger partial charge is 0.497 e. The molecule has 13 heteroatoms. The van der Waals surface area contributed by atoms with E-state index in [0.29, 0.717) is 28.6 Å². The lowest BCUT2D eigenvalue weighted by Crippen LogP contribution is -2.26. The minimum Gasteiger partial charge on any atom is -0.497 e. The number of benzene rings is 4. The number of carbonyl (C=O) groups is 1. The Kier molecular flexibility index (Phi) is 8.93. The number of methoxy groups -OCH3 is 3. The first-order chi connectivity index (χ1) is 20.0. The number of rotatable bonds is 11. The van der Waals surface area contributed by atoms with E-state index in [-0.39, 0.29) is 21.0 Å². The fourth-order valence-corrected chi connectivity index (χ4v) is 6.14. The highest BCUT2D eigenvalue weighted by Gasteiger charge is 2.22. The monoisotopic (exact) mass is 611 g/mol. The van der Waals surface area contributed by atoms with Crippen molar-refractivity contribution < 1.29 is 35.8 Å². The Labute approximate surface area is 244 Å². The summed E-state index contributed by atoms with van der Waals surface area (Å²) in [6.07, 6.45) is 0. The normalized spacial score (nSPS) is 11.3. The number of amides is 1. The molecule has 4 aromatic rings. The summed E-state index contributed by atoms with van der Waals surface area (Å²) in [5.74, 6) is 0.842. The van der Waals surface area contributed by atoms with Crippen LogP contribution in [0.1, 0.15) is 10.4 Å². The van der Waals surface area contributed by atoms with Crippen LogP contribution < -0.4 is 28.6 Å². The van der Waals surface area contributed by atoms with Gasteiger partial charge in [0.15, 0.2) is 0 Å². The number of hydrogen-bond acceptors (Lipinski definition) is 8. The molecule has 4 aromatic carbocycles. The molecular weight excluding hydrogens is 582 g/mol. The first-order valence-electron chi connectivity index (χ1n) is 12.4. The maximum absolute atomic E-state index is 13.0.